The Morgan fingerprint density at radius 3 is 2.86 bits per heavy atom. The number of hydrogen-bond donors (Lipinski definition) is 1. The van der Waals surface area contributed by atoms with E-state index in [1.807, 2.05) is 35.0 Å². The van der Waals surface area contributed by atoms with Gasteiger partial charge in [0.25, 0.3) is 0 Å². The summed E-state index contributed by atoms with van der Waals surface area (Å²) < 4.78 is 2.02. The highest BCUT2D eigenvalue weighted by molar-refractivity contribution is 6.18. The number of rotatable bonds is 3. The first-order valence-electron chi connectivity index (χ1n) is 4.59. The van der Waals surface area contributed by atoms with Gasteiger partial charge in [0, 0.05) is 18.3 Å². The van der Waals surface area contributed by atoms with Gasteiger partial charge in [-0.2, -0.15) is 0 Å². The van der Waals surface area contributed by atoms with Gasteiger partial charge in [0.15, 0.2) is 0 Å². The summed E-state index contributed by atoms with van der Waals surface area (Å²) in [6, 6.07) is 10.1. The number of nitrogens with zero attached hydrogens (tertiary/aromatic N) is 1. The molecule has 2 rings (SSSR count). The zero-order valence-electron chi connectivity index (χ0n) is 7.73. The summed E-state index contributed by atoms with van der Waals surface area (Å²) in [5, 5.41) is 10.6. The Labute approximate surface area is 87.7 Å². The fourth-order valence-electron chi connectivity index (χ4n) is 1.58. The third-order valence-electron chi connectivity index (χ3n) is 2.27. The highest BCUT2D eigenvalue weighted by atomic mass is 35.5. The second-order valence-electron chi connectivity index (χ2n) is 3.34. The first kappa shape index (κ1) is 9.56. The van der Waals surface area contributed by atoms with Gasteiger partial charge in [-0.1, -0.05) is 18.2 Å². The van der Waals surface area contributed by atoms with Gasteiger partial charge in [-0.05, 0) is 17.5 Å². The number of fused-ring (bicyclic) bond motifs is 1. The topological polar surface area (TPSA) is 25.2 Å². The van der Waals surface area contributed by atoms with Crippen molar-refractivity contribution >= 4 is 22.5 Å². The van der Waals surface area contributed by atoms with Crippen molar-refractivity contribution in [2.75, 3.05) is 5.88 Å². The van der Waals surface area contributed by atoms with Gasteiger partial charge in [-0.3, -0.25) is 0 Å². The summed E-state index contributed by atoms with van der Waals surface area (Å²) in [6.45, 7) is 0.553. The Balaban J connectivity index is 2.33. The molecule has 1 aromatic heterocycles. The number of halogens is 1. The standard InChI is InChI=1S/C11H12ClNO/c12-7-10(14)8-13-6-5-9-3-1-2-4-11(9)13/h1-6,10,14H,7-8H2. The van der Waals surface area contributed by atoms with Crippen LogP contribution in [-0.4, -0.2) is 21.7 Å². The Bertz CT molecular complexity index is 424. The molecule has 2 aromatic rings. The predicted octanol–water partition coefficient (Wildman–Crippen LogP) is 2.24. The van der Waals surface area contributed by atoms with Crippen molar-refractivity contribution in [1.29, 1.82) is 0 Å². The van der Waals surface area contributed by atoms with Crippen LogP contribution >= 0.6 is 11.6 Å². The third-order valence-corrected chi connectivity index (χ3v) is 2.62. The highest BCUT2D eigenvalue weighted by Gasteiger charge is 2.05. The summed E-state index contributed by atoms with van der Waals surface area (Å²) >= 11 is 5.56. The smallest absolute Gasteiger partial charge is 0.0854 e. The Hall–Kier alpha value is -0.990. The maximum atomic E-state index is 9.44. The van der Waals surface area contributed by atoms with E-state index in [0.717, 1.165) is 5.52 Å². The van der Waals surface area contributed by atoms with Crippen molar-refractivity contribution < 1.29 is 5.11 Å². The van der Waals surface area contributed by atoms with Crippen LogP contribution in [0.25, 0.3) is 10.9 Å². The number of benzene rings is 1. The van der Waals surface area contributed by atoms with Gasteiger partial charge in [0.05, 0.1) is 12.0 Å². The lowest BCUT2D eigenvalue weighted by Gasteiger charge is -2.09. The average Bonchev–Trinajstić information content (AvgIpc) is 2.62. The van der Waals surface area contributed by atoms with Crippen LogP contribution in [0.15, 0.2) is 36.5 Å². The summed E-state index contributed by atoms with van der Waals surface area (Å²) in [7, 11) is 0. The minimum absolute atomic E-state index is 0.270. The number of hydrogen-bond acceptors (Lipinski definition) is 1. The van der Waals surface area contributed by atoms with E-state index in [4.69, 9.17) is 11.6 Å². The molecule has 0 spiro atoms. The first-order valence-corrected chi connectivity index (χ1v) is 5.12. The lowest BCUT2D eigenvalue weighted by Crippen LogP contribution is -2.16. The van der Waals surface area contributed by atoms with Crippen LogP contribution in [0.5, 0.6) is 0 Å². The molecule has 0 bridgehead atoms. The third kappa shape index (κ3) is 1.76. The van der Waals surface area contributed by atoms with Gasteiger partial charge in [0.1, 0.15) is 0 Å². The van der Waals surface area contributed by atoms with E-state index in [0.29, 0.717) is 6.54 Å². The maximum Gasteiger partial charge on any atom is 0.0854 e. The second-order valence-corrected chi connectivity index (χ2v) is 3.64. The van der Waals surface area contributed by atoms with Crippen LogP contribution in [0, 0.1) is 0 Å². The quantitative estimate of drug-likeness (QED) is 0.771. The number of aliphatic hydroxyl groups excluding tert-OH is 1. The normalized spacial score (nSPS) is 13.3. The van der Waals surface area contributed by atoms with Crippen molar-refractivity contribution in [3.63, 3.8) is 0 Å². The van der Waals surface area contributed by atoms with E-state index in [2.05, 4.69) is 6.07 Å². The molecular formula is C11H12ClNO. The maximum absolute atomic E-state index is 9.44. The molecule has 0 saturated carbocycles. The van der Waals surface area contributed by atoms with E-state index in [-0.39, 0.29) is 5.88 Å². The van der Waals surface area contributed by atoms with Crippen molar-refractivity contribution in [2.45, 2.75) is 12.6 Å². The molecule has 1 heterocycles. The molecule has 3 heteroatoms. The molecule has 1 unspecified atom stereocenters. The van der Waals surface area contributed by atoms with Crippen LogP contribution in [-0.2, 0) is 6.54 Å². The van der Waals surface area contributed by atoms with E-state index in [1.54, 1.807) is 0 Å². The van der Waals surface area contributed by atoms with E-state index in [9.17, 15) is 5.11 Å². The van der Waals surface area contributed by atoms with Crippen LogP contribution < -0.4 is 0 Å². The van der Waals surface area contributed by atoms with Crippen molar-refractivity contribution in [3.05, 3.63) is 36.5 Å². The summed E-state index contributed by atoms with van der Waals surface area (Å²) in [4.78, 5) is 0. The van der Waals surface area contributed by atoms with E-state index in [1.165, 1.54) is 5.39 Å². The van der Waals surface area contributed by atoms with Crippen LogP contribution in [0.3, 0.4) is 0 Å². The molecule has 14 heavy (non-hydrogen) atoms. The van der Waals surface area contributed by atoms with Gasteiger partial charge >= 0.3 is 0 Å². The lowest BCUT2D eigenvalue weighted by molar-refractivity contribution is 0.178. The van der Waals surface area contributed by atoms with Crippen molar-refractivity contribution in [1.82, 2.24) is 4.57 Å². The van der Waals surface area contributed by atoms with Crippen LogP contribution in [0.4, 0.5) is 0 Å². The molecule has 0 radical (unpaired) electrons. The fraction of sp³-hybridized carbons (Fsp3) is 0.273. The van der Waals surface area contributed by atoms with Crippen molar-refractivity contribution in [2.24, 2.45) is 0 Å². The molecule has 0 aliphatic heterocycles. The molecule has 0 amide bonds. The van der Waals surface area contributed by atoms with Crippen LogP contribution in [0.2, 0.25) is 0 Å². The molecule has 1 atom stereocenters. The molecular weight excluding hydrogens is 198 g/mol. The van der Waals surface area contributed by atoms with E-state index < -0.39 is 6.10 Å². The molecule has 0 aliphatic rings. The zero-order valence-corrected chi connectivity index (χ0v) is 8.48. The molecule has 0 saturated heterocycles. The van der Waals surface area contributed by atoms with Crippen LogP contribution in [0.1, 0.15) is 0 Å². The summed E-state index contributed by atoms with van der Waals surface area (Å²) in [5.74, 6) is 0.270. The van der Waals surface area contributed by atoms with Crippen molar-refractivity contribution in [3.8, 4) is 0 Å². The number of alkyl halides is 1. The minimum Gasteiger partial charge on any atom is -0.390 e. The largest absolute Gasteiger partial charge is 0.390 e. The molecule has 1 aromatic carbocycles. The average molecular weight is 210 g/mol. The Morgan fingerprint density at radius 1 is 1.29 bits per heavy atom. The predicted molar refractivity (Wildman–Crippen MR) is 58.7 cm³/mol. The zero-order chi connectivity index (χ0) is 9.97. The minimum atomic E-state index is -0.479. The number of aliphatic hydroxyl groups is 1. The number of aromatic nitrogens is 1. The van der Waals surface area contributed by atoms with Gasteiger partial charge < -0.3 is 9.67 Å². The molecule has 1 N–H and O–H groups in total. The number of para-hydroxylation sites is 1. The monoisotopic (exact) mass is 209 g/mol. The van der Waals surface area contributed by atoms with Gasteiger partial charge in [0.2, 0.25) is 0 Å². The molecule has 2 nitrogen and oxygen atoms in total. The lowest BCUT2D eigenvalue weighted by atomic mass is 10.2. The molecule has 74 valence electrons. The summed E-state index contributed by atoms with van der Waals surface area (Å²) in [6.07, 6.45) is 1.49. The van der Waals surface area contributed by atoms with E-state index >= 15 is 0 Å². The first-order chi connectivity index (χ1) is 6.81. The highest BCUT2D eigenvalue weighted by Crippen LogP contribution is 2.15. The fourth-order valence-corrected chi connectivity index (χ4v) is 1.67. The summed E-state index contributed by atoms with van der Waals surface area (Å²) in [5.41, 5.74) is 1.14. The molecule has 0 fully saturated rings. The second kappa shape index (κ2) is 4.03. The SMILES string of the molecule is OC(CCl)Cn1ccc2ccccc21. The van der Waals surface area contributed by atoms with Gasteiger partial charge in [-0.15, -0.1) is 11.6 Å². The Kier molecular flexibility index (Phi) is 2.75. The molecule has 0 aliphatic carbocycles. The van der Waals surface area contributed by atoms with Gasteiger partial charge in [-0.25, -0.2) is 0 Å². The Morgan fingerprint density at radius 2 is 2.07 bits per heavy atom.